The zero-order valence-corrected chi connectivity index (χ0v) is 9.51. The molecule has 0 aliphatic carbocycles. The molecule has 0 unspecified atom stereocenters. The topological polar surface area (TPSA) is 77.2 Å². The van der Waals surface area contributed by atoms with Crippen molar-refractivity contribution in [2.45, 2.75) is 4.90 Å². The highest BCUT2D eigenvalue weighted by molar-refractivity contribution is 9.09. The molecule has 6 heteroatoms. The predicted molar refractivity (Wildman–Crippen MR) is 55.9 cm³/mol. The van der Waals surface area contributed by atoms with Gasteiger partial charge >= 0.3 is 0 Å². The van der Waals surface area contributed by atoms with Gasteiger partial charge in [-0.3, -0.25) is 4.79 Å². The first kappa shape index (κ1) is 11.4. The Kier molecular flexibility index (Phi) is 3.41. The Labute approximate surface area is 90.3 Å². The van der Waals surface area contributed by atoms with Crippen molar-refractivity contribution < 1.29 is 13.2 Å². The molecule has 0 atom stereocenters. The van der Waals surface area contributed by atoms with Gasteiger partial charge in [0.1, 0.15) is 0 Å². The van der Waals surface area contributed by atoms with Crippen LogP contribution in [0.4, 0.5) is 0 Å². The summed E-state index contributed by atoms with van der Waals surface area (Å²) < 4.78 is 22.2. The maximum absolute atomic E-state index is 11.3. The van der Waals surface area contributed by atoms with Gasteiger partial charge in [-0.2, -0.15) is 0 Å². The smallest absolute Gasteiger partial charge is 0.238 e. The molecule has 0 aliphatic heterocycles. The molecule has 0 saturated heterocycles. The van der Waals surface area contributed by atoms with E-state index in [1.165, 1.54) is 18.2 Å². The molecular formula is C8H8BrNO3S. The van der Waals surface area contributed by atoms with Crippen molar-refractivity contribution in [2.75, 3.05) is 5.33 Å². The SMILES string of the molecule is NS(=O)(=O)c1ccccc1C(=O)CBr. The first-order chi connectivity index (χ1) is 6.46. The van der Waals surface area contributed by atoms with Gasteiger partial charge in [0, 0.05) is 5.56 Å². The Bertz CT molecular complexity index is 455. The Balaban J connectivity index is 3.38. The van der Waals surface area contributed by atoms with E-state index in [0.29, 0.717) is 0 Å². The average molecular weight is 278 g/mol. The van der Waals surface area contributed by atoms with Crippen molar-refractivity contribution >= 4 is 31.7 Å². The Morgan fingerprint density at radius 3 is 2.43 bits per heavy atom. The lowest BCUT2D eigenvalue weighted by atomic mass is 10.1. The summed E-state index contributed by atoms with van der Waals surface area (Å²) in [6.07, 6.45) is 0. The minimum absolute atomic E-state index is 0.0690. The second-order valence-electron chi connectivity index (χ2n) is 2.60. The number of Topliss-reactive ketones (excluding diaryl/α,β-unsaturated/α-hetero) is 1. The molecule has 0 radical (unpaired) electrons. The highest BCUT2D eigenvalue weighted by atomic mass is 79.9. The number of hydrogen-bond donors (Lipinski definition) is 1. The molecule has 4 nitrogen and oxygen atoms in total. The van der Waals surface area contributed by atoms with E-state index in [4.69, 9.17) is 5.14 Å². The van der Waals surface area contributed by atoms with E-state index >= 15 is 0 Å². The molecule has 0 amide bonds. The predicted octanol–water partition coefficient (Wildman–Crippen LogP) is 0.912. The molecule has 0 saturated carbocycles. The van der Waals surface area contributed by atoms with Crippen LogP contribution in [0.1, 0.15) is 10.4 Å². The van der Waals surface area contributed by atoms with Crippen LogP contribution >= 0.6 is 15.9 Å². The summed E-state index contributed by atoms with van der Waals surface area (Å²) in [4.78, 5) is 11.2. The summed E-state index contributed by atoms with van der Waals surface area (Å²) in [5.41, 5.74) is 0.117. The van der Waals surface area contributed by atoms with Gasteiger partial charge in [-0.15, -0.1) is 0 Å². The van der Waals surface area contributed by atoms with Gasteiger partial charge in [0.15, 0.2) is 5.78 Å². The van der Waals surface area contributed by atoms with Gasteiger partial charge in [0.25, 0.3) is 0 Å². The van der Waals surface area contributed by atoms with Crippen molar-refractivity contribution in [1.29, 1.82) is 0 Å². The maximum atomic E-state index is 11.3. The molecule has 2 N–H and O–H groups in total. The van der Waals surface area contributed by atoms with Crippen molar-refractivity contribution in [2.24, 2.45) is 5.14 Å². The van der Waals surface area contributed by atoms with Crippen LogP contribution in [0.15, 0.2) is 29.2 Å². The summed E-state index contributed by atoms with van der Waals surface area (Å²) in [7, 11) is -3.83. The van der Waals surface area contributed by atoms with Gasteiger partial charge in [-0.05, 0) is 6.07 Å². The Hall–Kier alpha value is -0.720. The van der Waals surface area contributed by atoms with E-state index in [9.17, 15) is 13.2 Å². The molecule has 76 valence electrons. The minimum Gasteiger partial charge on any atom is -0.293 e. The van der Waals surface area contributed by atoms with Gasteiger partial charge in [-0.25, -0.2) is 13.6 Å². The number of carbonyl (C=O) groups is 1. The molecule has 0 aliphatic rings. The van der Waals surface area contributed by atoms with Crippen LogP contribution in [0.25, 0.3) is 0 Å². The fourth-order valence-electron chi connectivity index (χ4n) is 1.02. The number of halogens is 1. The van der Waals surface area contributed by atoms with Crippen LogP contribution in [0.3, 0.4) is 0 Å². The van der Waals surface area contributed by atoms with Crippen LogP contribution in [-0.2, 0) is 10.0 Å². The number of hydrogen-bond acceptors (Lipinski definition) is 3. The summed E-state index contributed by atoms with van der Waals surface area (Å²) in [6, 6.07) is 5.85. The fraction of sp³-hybridized carbons (Fsp3) is 0.125. The van der Waals surface area contributed by atoms with Crippen molar-refractivity contribution in [3.05, 3.63) is 29.8 Å². The summed E-state index contributed by atoms with van der Waals surface area (Å²) in [5.74, 6) is -0.311. The molecule has 1 aromatic carbocycles. The molecular weight excluding hydrogens is 270 g/mol. The molecule has 0 aromatic heterocycles. The lowest BCUT2D eigenvalue weighted by Gasteiger charge is -2.03. The second kappa shape index (κ2) is 4.20. The molecule has 0 spiro atoms. The van der Waals surface area contributed by atoms with Crippen molar-refractivity contribution in [3.8, 4) is 0 Å². The van der Waals surface area contributed by atoms with Crippen LogP contribution in [-0.4, -0.2) is 19.5 Å². The van der Waals surface area contributed by atoms with E-state index < -0.39 is 10.0 Å². The van der Waals surface area contributed by atoms with E-state index in [-0.39, 0.29) is 21.6 Å². The molecule has 0 fully saturated rings. The van der Waals surface area contributed by atoms with Crippen LogP contribution < -0.4 is 5.14 Å². The highest BCUT2D eigenvalue weighted by Gasteiger charge is 2.17. The van der Waals surface area contributed by atoms with Gasteiger partial charge in [0.05, 0.1) is 10.2 Å². The number of benzene rings is 1. The van der Waals surface area contributed by atoms with Crippen molar-refractivity contribution in [1.82, 2.24) is 0 Å². The summed E-state index contributed by atoms with van der Waals surface area (Å²) in [6.45, 7) is 0. The minimum atomic E-state index is -3.83. The van der Waals surface area contributed by atoms with Gasteiger partial charge in [-0.1, -0.05) is 34.1 Å². The monoisotopic (exact) mass is 277 g/mol. The average Bonchev–Trinajstić information content (AvgIpc) is 2.15. The molecule has 0 heterocycles. The van der Waals surface area contributed by atoms with Crippen molar-refractivity contribution in [3.63, 3.8) is 0 Å². The Morgan fingerprint density at radius 1 is 1.36 bits per heavy atom. The zero-order chi connectivity index (χ0) is 10.8. The van der Waals surface area contributed by atoms with E-state index in [2.05, 4.69) is 15.9 Å². The molecule has 1 rings (SSSR count). The first-order valence-corrected chi connectivity index (χ1v) is 6.34. The summed E-state index contributed by atoms with van der Waals surface area (Å²) in [5, 5.41) is 5.02. The number of rotatable bonds is 3. The number of nitrogens with two attached hydrogens (primary N) is 1. The number of ketones is 1. The molecule has 14 heavy (non-hydrogen) atoms. The first-order valence-electron chi connectivity index (χ1n) is 3.68. The number of sulfonamides is 1. The van der Waals surface area contributed by atoms with E-state index in [1.807, 2.05) is 0 Å². The quantitative estimate of drug-likeness (QED) is 0.659. The van der Waals surface area contributed by atoms with E-state index in [0.717, 1.165) is 0 Å². The Morgan fingerprint density at radius 2 is 1.93 bits per heavy atom. The number of primary sulfonamides is 1. The lowest BCUT2D eigenvalue weighted by molar-refractivity contribution is 0.102. The van der Waals surface area contributed by atoms with Crippen LogP contribution in [0.2, 0.25) is 0 Å². The molecule has 0 bridgehead atoms. The lowest BCUT2D eigenvalue weighted by Crippen LogP contribution is -2.17. The third-order valence-corrected chi connectivity index (χ3v) is 3.09. The zero-order valence-electron chi connectivity index (χ0n) is 7.10. The summed E-state index contributed by atoms with van der Waals surface area (Å²) >= 11 is 2.97. The van der Waals surface area contributed by atoms with Crippen LogP contribution in [0.5, 0.6) is 0 Å². The van der Waals surface area contributed by atoms with Gasteiger partial charge in [0.2, 0.25) is 10.0 Å². The molecule has 1 aromatic rings. The largest absolute Gasteiger partial charge is 0.293 e. The van der Waals surface area contributed by atoms with E-state index in [1.54, 1.807) is 6.07 Å². The van der Waals surface area contributed by atoms with Gasteiger partial charge < -0.3 is 0 Å². The second-order valence-corrected chi connectivity index (χ2v) is 4.69. The third kappa shape index (κ3) is 2.40. The standard InChI is InChI=1S/C8H8BrNO3S/c9-5-7(11)6-3-1-2-4-8(6)14(10,12)13/h1-4H,5H2,(H2,10,12,13). The third-order valence-electron chi connectivity index (χ3n) is 1.62. The van der Waals surface area contributed by atoms with Crippen LogP contribution in [0, 0.1) is 0 Å². The maximum Gasteiger partial charge on any atom is 0.238 e. The highest BCUT2D eigenvalue weighted by Crippen LogP contribution is 2.14. The number of alkyl halides is 1. The fourth-order valence-corrected chi connectivity index (χ4v) is 2.08. The normalized spacial score (nSPS) is 11.3. The number of carbonyl (C=O) groups excluding carboxylic acids is 1.